The van der Waals surface area contributed by atoms with Crippen LogP contribution in [-0.4, -0.2) is 37.4 Å². The SMILES string of the molecule is CNC(=O)c1cccc2c(N(CP(=O)(O)O)S(=O)(=O)c3cc(C)cc(C)c3)cccc12. The molecule has 3 rings (SSSR count). The van der Waals surface area contributed by atoms with Crippen LogP contribution in [0.2, 0.25) is 0 Å². The molecule has 0 saturated heterocycles. The number of hydrogen-bond donors (Lipinski definition) is 3. The summed E-state index contributed by atoms with van der Waals surface area (Å²) in [6.45, 7) is 3.49. The average molecular weight is 462 g/mol. The van der Waals surface area contributed by atoms with E-state index in [1.54, 1.807) is 50.2 Å². The van der Waals surface area contributed by atoms with E-state index in [1.165, 1.54) is 25.2 Å². The number of aryl methyl sites for hydroxylation is 2. The largest absolute Gasteiger partial charge is 0.355 e. The molecule has 0 heterocycles. The second-order valence-corrected chi connectivity index (χ2v) is 10.7. The zero-order valence-electron chi connectivity index (χ0n) is 17.2. The Balaban J connectivity index is 2.31. The summed E-state index contributed by atoms with van der Waals surface area (Å²) in [6.07, 6.45) is -1.04. The van der Waals surface area contributed by atoms with Crippen LogP contribution in [0.15, 0.2) is 59.5 Å². The maximum absolute atomic E-state index is 13.5. The molecular weight excluding hydrogens is 439 g/mol. The van der Waals surface area contributed by atoms with E-state index in [4.69, 9.17) is 0 Å². The Kier molecular flexibility index (Phi) is 6.25. The first-order chi connectivity index (χ1) is 14.4. The van der Waals surface area contributed by atoms with Gasteiger partial charge in [-0.15, -0.1) is 0 Å². The molecule has 0 atom stereocenters. The minimum Gasteiger partial charge on any atom is -0.355 e. The smallest absolute Gasteiger partial charge is 0.345 e. The van der Waals surface area contributed by atoms with E-state index in [2.05, 4.69) is 5.32 Å². The number of carbonyl (C=O) groups excluding carboxylic acids is 1. The van der Waals surface area contributed by atoms with Crippen LogP contribution in [0.5, 0.6) is 0 Å². The van der Waals surface area contributed by atoms with Crippen LogP contribution in [0, 0.1) is 13.8 Å². The van der Waals surface area contributed by atoms with E-state index in [-0.39, 0.29) is 16.5 Å². The molecule has 0 fully saturated rings. The minimum atomic E-state index is -4.78. The summed E-state index contributed by atoms with van der Waals surface area (Å²) >= 11 is 0. The summed E-state index contributed by atoms with van der Waals surface area (Å²) in [6, 6.07) is 14.2. The molecule has 164 valence electrons. The fraction of sp³-hybridized carbons (Fsp3) is 0.190. The van der Waals surface area contributed by atoms with Gasteiger partial charge < -0.3 is 15.1 Å². The summed E-state index contributed by atoms with van der Waals surface area (Å²) in [5.74, 6) is -0.360. The number of benzene rings is 3. The highest BCUT2D eigenvalue weighted by atomic mass is 32.2. The molecule has 8 nitrogen and oxygen atoms in total. The number of nitrogens with one attached hydrogen (secondary N) is 1. The third-order valence-electron chi connectivity index (χ3n) is 4.74. The second-order valence-electron chi connectivity index (χ2n) is 7.24. The van der Waals surface area contributed by atoms with Crippen molar-refractivity contribution in [3.63, 3.8) is 0 Å². The second kappa shape index (κ2) is 8.43. The van der Waals surface area contributed by atoms with Gasteiger partial charge in [-0.25, -0.2) is 8.42 Å². The predicted octanol–water partition coefficient (Wildman–Crippen LogP) is 3.15. The zero-order valence-corrected chi connectivity index (χ0v) is 18.9. The van der Waals surface area contributed by atoms with Gasteiger partial charge in [0.05, 0.1) is 10.6 Å². The molecule has 0 radical (unpaired) electrons. The lowest BCUT2D eigenvalue weighted by molar-refractivity contribution is 0.0964. The van der Waals surface area contributed by atoms with Crippen LogP contribution >= 0.6 is 7.60 Å². The lowest BCUT2D eigenvalue weighted by Gasteiger charge is -2.26. The molecule has 3 aromatic rings. The van der Waals surface area contributed by atoms with E-state index in [1.807, 2.05) is 0 Å². The summed E-state index contributed by atoms with van der Waals surface area (Å²) in [4.78, 5) is 31.5. The molecular formula is C21H23N2O6PS. The highest BCUT2D eigenvalue weighted by Crippen LogP contribution is 2.41. The van der Waals surface area contributed by atoms with Crippen LogP contribution < -0.4 is 9.62 Å². The number of carbonyl (C=O) groups is 1. The Bertz CT molecular complexity index is 1300. The fourth-order valence-corrected chi connectivity index (χ4v) is 6.39. The number of nitrogens with zero attached hydrogens (tertiary/aromatic N) is 1. The van der Waals surface area contributed by atoms with Gasteiger partial charge in [-0.3, -0.25) is 13.7 Å². The third kappa shape index (κ3) is 4.80. The number of rotatable bonds is 6. The van der Waals surface area contributed by atoms with Crippen molar-refractivity contribution in [2.75, 3.05) is 17.6 Å². The standard InChI is InChI=1S/C21H23N2O6PS/c1-14-10-15(2)12-16(11-14)31(28,29)23(13-30(25,26)27)20-9-5-6-17-18(20)7-4-8-19(17)21(24)22-3/h4-12H,13H2,1-3H3,(H,22,24)(H2,25,26,27). The third-order valence-corrected chi connectivity index (χ3v) is 7.32. The predicted molar refractivity (Wildman–Crippen MR) is 120 cm³/mol. The fourth-order valence-electron chi connectivity index (χ4n) is 3.50. The van der Waals surface area contributed by atoms with Gasteiger partial charge in [0.15, 0.2) is 0 Å². The van der Waals surface area contributed by atoms with Gasteiger partial charge in [0.1, 0.15) is 6.29 Å². The topological polar surface area (TPSA) is 124 Å². The first-order valence-corrected chi connectivity index (χ1v) is 12.6. The molecule has 0 bridgehead atoms. The molecule has 0 unspecified atom stereocenters. The molecule has 0 spiro atoms. The molecule has 0 saturated carbocycles. The Morgan fingerprint density at radius 3 is 2.16 bits per heavy atom. The Hall–Kier alpha value is -2.71. The van der Waals surface area contributed by atoms with Gasteiger partial charge in [0, 0.05) is 18.0 Å². The van der Waals surface area contributed by atoms with Crippen molar-refractivity contribution >= 4 is 40.0 Å². The maximum atomic E-state index is 13.5. The van der Waals surface area contributed by atoms with Crippen molar-refractivity contribution in [2.24, 2.45) is 0 Å². The van der Waals surface area contributed by atoms with Crippen molar-refractivity contribution in [1.82, 2.24) is 5.32 Å². The van der Waals surface area contributed by atoms with Crippen molar-refractivity contribution in [1.29, 1.82) is 0 Å². The van der Waals surface area contributed by atoms with Crippen LogP contribution in [0.1, 0.15) is 21.5 Å². The molecule has 3 N–H and O–H groups in total. The number of sulfonamides is 1. The first-order valence-electron chi connectivity index (χ1n) is 9.33. The van der Waals surface area contributed by atoms with Crippen LogP contribution in [0.3, 0.4) is 0 Å². The van der Waals surface area contributed by atoms with Crippen LogP contribution in [-0.2, 0) is 14.6 Å². The molecule has 0 aliphatic rings. The highest BCUT2D eigenvalue weighted by molar-refractivity contribution is 7.93. The lowest BCUT2D eigenvalue weighted by Crippen LogP contribution is -2.32. The first kappa shape index (κ1) is 23.0. The quantitative estimate of drug-likeness (QED) is 0.484. The average Bonchev–Trinajstić information content (AvgIpc) is 2.69. The van der Waals surface area contributed by atoms with Gasteiger partial charge in [-0.2, -0.15) is 0 Å². The minimum absolute atomic E-state index is 0.0714. The summed E-state index contributed by atoms with van der Waals surface area (Å²) in [5, 5.41) is 3.38. The molecule has 0 aliphatic heterocycles. The van der Waals surface area contributed by atoms with Gasteiger partial charge >= 0.3 is 7.60 Å². The van der Waals surface area contributed by atoms with Gasteiger partial charge in [0.2, 0.25) is 0 Å². The van der Waals surface area contributed by atoms with Crippen molar-refractivity contribution in [3.05, 3.63) is 71.3 Å². The Morgan fingerprint density at radius 1 is 1.00 bits per heavy atom. The van der Waals surface area contributed by atoms with Crippen LogP contribution in [0.4, 0.5) is 5.69 Å². The molecule has 3 aromatic carbocycles. The van der Waals surface area contributed by atoms with Crippen molar-refractivity contribution in [2.45, 2.75) is 18.7 Å². The lowest BCUT2D eigenvalue weighted by atomic mass is 10.0. The number of hydrogen-bond acceptors (Lipinski definition) is 4. The van der Waals surface area contributed by atoms with E-state index >= 15 is 0 Å². The van der Waals surface area contributed by atoms with Crippen molar-refractivity contribution < 1.29 is 27.6 Å². The van der Waals surface area contributed by atoms with E-state index in [0.29, 0.717) is 27.5 Å². The molecule has 0 aliphatic carbocycles. The van der Waals surface area contributed by atoms with E-state index in [0.717, 1.165) is 4.31 Å². The monoisotopic (exact) mass is 462 g/mol. The van der Waals surface area contributed by atoms with Gasteiger partial charge in [-0.1, -0.05) is 30.3 Å². The molecule has 0 aromatic heterocycles. The zero-order chi connectivity index (χ0) is 23.0. The number of amides is 1. The molecule has 1 amide bonds. The number of fused-ring (bicyclic) bond motifs is 1. The summed E-state index contributed by atoms with van der Waals surface area (Å²) in [7, 11) is -7.62. The number of anilines is 1. The molecule has 31 heavy (non-hydrogen) atoms. The van der Waals surface area contributed by atoms with E-state index in [9.17, 15) is 27.6 Å². The normalized spacial score (nSPS) is 12.0. The summed E-state index contributed by atoms with van der Waals surface area (Å²) < 4.78 is 39.7. The Labute approximate surface area is 180 Å². The maximum Gasteiger partial charge on any atom is 0.345 e. The Morgan fingerprint density at radius 2 is 1.58 bits per heavy atom. The van der Waals surface area contributed by atoms with Crippen LogP contribution in [0.25, 0.3) is 10.8 Å². The highest BCUT2D eigenvalue weighted by Gasteiger charge is 2.32. The van der Waals surface area contributed by atoms with Crippen molar-refractivity contribution in [3.8, 4) is 0 Å². The van der Waals surface area contributed by atoms with Gasteiger partial charge in [0.25, 0.3) is 15.9 Å². The van der Waals surface area contributed by atoms with Gasteiger partial charge in [-0.05, 0) is 54.6 Å². The molecule has 10 heteroatoms. The van der Waals surface area contributed by atoms with E-state index < -0.39 is 23.9 Å². The summed E-state index contributed by atoms with van der Waals surface area (Å²) in [5.41, 5.74) is 1.80.